The van der Waals surface area contributed by atoms with Gasteiger partial charge in [-0.15, -0.1) is 0 Å². The smallest absolute Gasteiger partial charge is 0.229 e. The Morgan fingerprint density at radius 1 is 0.848 bits per heavy atom. The summed E-state index contributed by atoms with van der Waals surface area (Å²) in [6.45, 7) is -0.695. The van der Waals surface area contributed by atoms with Crippen LogP contribution in [0.3, 0.4) is 0 Å². The molecule has 0 amide bonds. The Morgan fingerprint density at radius 2 is 1.58 bits per heavy atom. The van der Waals surface area contributed by atoms with Crippen molar-refractivity contribution in [1.82, 2.24) is 0 Å². The van der Waals surface area contributed by atoms with Crippen LogP contribution in [0.2, 0.25) is 0 Å². The number of aliphatic hydroxyl groups is 4. The van der Waals surface area contributed by atoms with Crippen LogP contribution in [0, 0.1) is 0 Å². The number of aromatic hydroxyl groups is 4. The van der Waals surface area contributed by atoms with Crippen molar-refractivity contribution in [3.8, 4) is 40.1 Å². The highest BCUT2D eigenvalue weighted by Crippen LogP contribution is 2.41. The van der Waals surface area contributed by atoms with Crippen LogP contribution in [-0.4, -0.2) is 78.2 Å². The van der Waals surface area contributed by atoms with Crippen LogP contribution in [0.1, 0.15) is 0 Å². The van der Waals surface area contributed by atoms with Gasteiger partial charge in [0.05, 0.1) is 12.2 Å². The van der Waals surface area contributed by atoms with Gasteiger partial charge in [-0.25, -0.2) is 0 Å². The van der Waals surface area contributed by atoms with Gasteiger partial charge in [0, 0.05) is 24.3 Å². The molecule has 2 heterocycles. The molecular formula is C21H20O12. The Morgan fingerprint density at radius 3 is 2.27 bits per heavy atom. The van der Waals surface area contributed by atoms with Gasteiger partial charge in [-0.1, -0.05) is 0 Å². The second kappa shape index (κ2) is 8.42. The maximum Gasteiger partial charge on any atom is 0.229 e. The monoisotopic (exact) mass is 464 g/mol. The molecule has 12 heteroatoms. The molecule has 0 saturated carbocycles. The lowest BCUT2D eigenvalue weighted by Gasteiger charge is -2.39. The van der Waals surface area contributed by atoms with Gasteiger partial charge < -0.3 is 54.7 Å². The van der Waals surface area contributed by atoms with E-state index < -0.39 is 60.0 Å². The third-order valence-corrected chi connectivity index (χ3v) is 5.23. The SMILES string of the molecule is O=c1cc(-c2cc(O[C@H]3O[C@H](CO)[C@H](O)C(O)C3O)c(O)cc2O)oc2cc(O)cc(O)c12. The molecule has 12 nitrogen and oxygen atoms in total. The zero-order valence-electron chi connectivity index (χ0n) is 16.7. The Kier molecular flexibility index (Phi) is 5.78. The minimum atomic E-state index is -1.76. The van der Waals surface area contributed by atoms with Crippen molar-refractivity contribution in [2.75, 3.05) is 6.61 Å². The van der Waals surface area contributed by atoms with Crippen molar-refractivity contribution in [2.24, 2.45) is 0 Å². The summed E-state index contributed by atoms with van der Waals surface area (Å²) in [5, 5.41) is 79.0. The van der Waals surface area contributed by atoms with E-state index in [0.717, 1.165) is 30.3 Å². The maximum absolute atomic E-state index is 12.5. The Balaban J connectivity index is 1.75. The number of phenols is 4. The van der Waals surface area contributed by atoms with E-state index in [0.29, 0.717) is 0 Å². The number of hydrogen-bond donors (Lipinski definition) is 8. The molecule has 3 aromatic rings. The quantitative estimate of drug-likeness (QED) is 0.245. The molecule has 5 atom stereocenters. The van der Waals surface area contributed by atoms with E-state index in [1.165, 1.54) is 0 Å². The van der Waals surface area contributed by atoms with Crippen molar-refractivity contribution in [2.45, 2.75) is 30.7 Å². The molecule has 2 aromatic carbocycles. The first-order valence-corrected chi connectivity index (χ1v) is 9.64. The van der Waals surface area contributed by atoms with Gasteiger partial charge in [0.25, 0.3) is 0 Å². The van der Waals surface area contributed by atoms with E-state index in [9.17, 15) is 45.6 Å². The van der Waals surface area contributed by atoms with E-state index in [1.54, 1.807) is 0 Å². The van der Waals surface area contributed by atoms with E-state index in [4.69, 9.17) is 13.9 Å². The fourth-order valence-corrected chi connectivity index (χ4v) is 3.53. The average molecular weight is 464 g/mol. The molecule has 4 rings (SSSR count). The standard InChI is InChI=1S/C21H20O12/c22-6-16-18(28)19(29)20(30)21(33-16)32-14-3-8(9(24)4-10(14)25)13-5-12(27)17-11(26)1-7(23)2-15(17)31-13/h1-5,16,18-26,28-30H,6H2/t16-,18+,19?,20?,21+/m1/s1. The van der Waals surface area contributed by atoms with Crippen molar-refractivity contribution in [1.29, 1.82) is 0 Å². The molecule has 176 valence electrons. The molecule has 1 aliphatic heterocycles. The van der Waals surface area contributed by atoms with Crippen molar-refractivity contribution >= 4 is 11.0 Å². The lowest BCUT2D eigenvalue weighted by atomic mass is 9.99. The molecule has 1 fully saturated rings. The highest BCUT2D eigenvalue weighted by Gasteiger charge is 2.45. The van der Waals surface area contributed by atoms with Gasteiger partial charge in [-0.2, -0.15) is 0 Å². The first kappa shape index (κ1) is 22.6. The average Bonchev–Trinajstić information content (AvgIpc) is 2.74. The van der Waals surface area contributed by atoms with Gasteiger partial charge in [0.2, 0.25) is 6.29 Å². The lowest BCUT2D eigenvalue weighted by molar-refractivity contribution is -0.277. The summed E-state index contributed by atoms with van der Waals surface area (Å²) >= 11 is 0. The summed E-state index contributed by atoms with van der Waals surface area (Å²) in [6.07, 6.45) is -7.98. The van der Waals surface area contributed by atoms with E-state index >= 15 is 0 Å². The van der Waals surface area contributed by atoms with Gasteiger partial charge >= 0.3 is 0 Å². The number of ether oxygens (including phenoxy) is 2. The fourth-order valence-electron chi connectivity index (χ4n) is 3.53. The molecule has 0 spiro atoms. The molecule has 0 bridgehead atoms. The first-order chi connectivity index (χ1) is 15.6. The molecule has 8 N–H and O–H groups in total. The minimum Gasteiger partial charge on any atom is -0.508 e. The number of hydrogen-bond acceptors (Lipinski definition) is 12. The predicted octanol–water partition coefficient (Wildman–Crippen LogP) is -0.539. The largest absolute Gasteiger partial charge is 0.508 e. The summed E-state index contributed by atoms with van der Waals surface area (Å²) in [7, 11) is 0. The number of phenolic OH excluding ortho intramolecular Hbond substituents is 4. The second-order valence-corrected chi connectivity index (χ2v) is 7.47. The Bertz CT molecular complexity index is 1250. The molecule has 1 aromatic heterocycles. The highest BCUT2D eigenvalue weighted by molar-refractivity contribution is 5.86. The number of benzene rings is 2. The van der Waals surface area contributed by atoms with Crippen molar-refractivity contribution < 1.29 is 54.7 Å². The summed E-state index contributed by atoms with van der Waals surface area (Å²) in [4.78, 5) is 12.5. The summed E-state index contributed by atoms with van der Waals surface area (Å²) in [6, 6.07) is 4.92. The first-order valence-electron chi connectivity index (χ1n) is 9.64. The number of rotatable bonds is 4. The van der Waals surface area contributed by atoms with Gasteiger partial charge in [-0.3, -0.25) is 4.79 Å². The third kappa shape index (κ3) is 4.01. The molecule has 1 saturated heterocycles. The third-order valence-electron chi connectivity index (χ3n) is 5.23. The van der Waals surface area contributed by atoms with E-state index in [1.807, 2.05) is 0 Å². The van der Waals surface area contributed by atoms with Crippen LogP contribution in [0.4, 0.5) is 0 Å². The van der Waals surface area contributed by atoms with Crippen molar-refractivity contribution in [3.63, 3.8) is 0 Å². The van der Waals surface area contributed by atoms with Crippen LogP contribution in [0.5, 0.6) is 28.7 Å². The molecule has 2 unspecified atom stereocenters. The van der Waals surface area contributed by atoms with Crippen LogP contribution >= 0.6 is 0 Å². The van der Waals surface area contributed by atoms with Gasteiger partial charge in [-0.05, 0) is 6.07 Å². The fraction of sp³-hybridized carbons (Fsp3) is 0.286. The molecule has 33 heavy (non-hydrogen) atoms. The van der Waals surface area contributed by atoms with Gasteiger partial charge in [0.1, 0.15) is 58.4 Å². The predicted molar refractivity (Wildman–Crippen MR) is 109 cm³/mol. The Hall–Kier alpha value is -3.55. The number of aliphatic hydroxyl groups excluding tert-OH is 4. The topological polar surface area (TPSA) is 211 Å². The zero-order valence-corrected chi connectivity index (χ0v) is 16.7. The normalized spacial score (nSPS) is 25.3. The molecule has 0 radical (unpaired) electrons. The van der Waals surface area contributed by atoms with Crippen molar-refractivity contribution in [3.05, 3.63) is 40.6 Å². The summed E-state index contributed by atoms with van der Waals surface area (Å²) in [5.41, 5.74) is -1.01. The van der Waals surface area contributed by atoms with E-state index in [2.05, 4.69) is 0 Å². The van der Waals surface area contributed by atoms with Crippen LogP contribution in [0.25, 0.3) is 22.3 Å². The van der Waals surface area contributed by atoms with Crippen LogP contribution < -0.4 is 10.2 Å². The number of fused-ring (bicyclic) bond motifs is 1. The zero-order chi connectivity index (χ0) is 24.0. The lowest BCUT2D eigenvalue weighted by Crippen LogP contribution is -2.60. The summed E-state index contributed by atoms with van der Waals surface area (Å²) < 4.78 is 16.2. The van der Waals surface area contributed by atoms with E-state index in [-0.39, 0.29) is 33.8 Å². The molecule has 0 aliphatic carbocycles. The second-order valence-electron chi connectivity index (χ2n) is 7.47. The minimum absolute atomic E-state index is 0.144. The van der Waals surface area contributed by atoms with Crippen LogP contribution in [-0.2, 0) is 4.74 Å². The maximum atomic E-state index is 12.5. The molecule has 1 aliphatic rings. The Labute approximate surface area is 184 Å². The van der Waals surface area contributed by atoms with Crippen LogP contribution in [0.15, 0.2) is 39.5 Å². The highest BCUT2D eigenvalue weighted by atomic mass is 16.7. The summed E-state index contributed by atoms with van der Waals surface area (Å²) in [5.74, 6) is -2.59. The van der Waals surface area contributed by atoms with Gasteiger partial charge in [0.15, 0.2) is 16.9 Å². The molecular weight excluding hydrogens is 444 g/mol.